The number of hydrogen-bond donors (Lipinski definition) is 1. The number of halogens is 1. The van der Waals surface area contributed by atoms with Crippen molar-refractivity contribution < 1.29 is 4.74 Å². The number of para-hydroxylation sites is 1. The molecule has 76 valence electrons. The summed E-state index contributed by atoms with van der Waals surface area (Å²) in [6.07, 6.45) is 1.54. The van der Waals surface area contributed by atoms with Crippen LogP contribution in [-0.4, -0.2) is 4.98 Å². The molecule has 0 fully saturated rings. The van der Waals surface area contributed by atoms with Gasteiger partial charge in [-0.25, -0.2) is 4.98 Å². The van der Waals surface area contributed by atoms with E-state index in [9.17, 15) is 0 Å². The lowest BCUT2D eigenvalue weighted by molar-refractivity contribution is 0.483. The van der Waals surface area contributed by atoms with Gasteiger partial charge in [0, 0.05) is 6.20 Å². The molecule has 2 N–H and O–H groups in total. The highest BCUT2D eigenvalue weighted by molar-refractivity contribution is 6.32. The van der Waals surface area contributed by atoms with Crippen LogP contribution in [-0.2, 0) is 0 Å². The molecular weight excluding hydrogens is 212 g/mol. The Bertz CT molecular complexity index is 439. The molecule has 2 aromatic rings. The van der Waals surface area contributed by atoms with Crippen LogP contribution in [0.2, 0.25) is 5.02 Å². The molecule has 0 amide bonds. The summed E-state index contributed by atoms with van der Waals surface area (Å²) >= 11 is 5.93. The molecule has 2 rings (SSSR count). The molecular formula is C11H9ClN2O. The molecule has 0 saturated heterocycles. The first-order valence-corrected chi connectivity index (χ1v) is 4.78. The maximum atomic E-state index is 5.93. The van der Waals surface area contributed by atoms with E-state index in [4.69, 9.17) is 22.1 Å². The molecule has 4 heteroatoms. The van der Waals surface area contributed by atoms with Gasteiger partial charge in [0.15, 0.2) is 11.6 Å². The van der Waals surface area contributed by atoms with Crippen molar-refractivity contribution in [2.45, 2.75) is 0 Å². The van der Waals surface area contributed by atoms with Crippen LogP contribution in [0, 0.1) is 0 Å². The highest BCUT2D eigenvalue weighted by Gasteiger charge is 2.07. The smallest absolute Gasteiger partial charge is 0.188 e. The first-order valence-electron chi connectivity index (χ1n) is 4.40. The Morgan fingerprint density at radius 3 is 2.53 bits per heavy atom. The van der Waals surface area contributed by atoms with Gasteiger partial charge < -0.3 is 10.5 Å². The number of rotatable bonds is 2. The fourth-order valence-corrected chi connectivity index (χ4v) is 1.34. The maximum absolute atomic E-state index is 5.93. The zero-order valence-electron chi connectivity index (χ0n) is 7.85. The average molecular weight is 221 g/mol. The largest absolute Gasteiger partial charge is 0.452 e. The number of anilines is 1. The minimum atomic E-state index is 0.284. The lowest BCUT2D eigenvalue weighted by Crippen LogP contribution is -1.95. The molecule has 0 saturated carbocycles. The third-order valence-electron chi connectivity index (χ3n) is 1.85. The Balaban J connectivity index is 2.32. The van der Waals surface area contributed by atoms with Crippen LogP contribution < -0.4 is 10.5 Å². The van der Waals surface area contributed by atoms with E-state index in [1.54, 1.807) is 6.07 Å². The standard InChI is InChI=1S/C11H9ClN2O/c12-9-6-7-14-11(13)10(9)15-8-4-2-1-3-5-8/h1-7H,(H2,13,14). The molecule has 0 atom stereocenters. The third kappa shape index (κ3) is 2.19. The molecule has 0 spiro atoms. The number of aromatic nitrogens is 1. The van der Waals surface area contributed by atoms with Crippen LogP contribution in [0.15, 0.2) is 42.6 Å². The SMILES string of the molecule is Nc1nccc(Cl)c1Oc1ccccc1. The van der Waals surface area contributed by atoms with Crippen LogP contribution in [0.3, 0.4) is 0 Å². The molecule has 0 radical (unpaired) electrons. The number of ether oxygens (including phenoxy) is 1. The first-order chi connectivity index (χ1) is 7.27. The van der Waals surface area contributed by atoms with Gasteiger partial charge in [-0.1, -0.05) is 29.8 Å². The van der Waals surface area contributed by atoms with E-state index in [0.29, 0.717) is 16.5 Å². The van der Waals surface area contributed by atoms with E-state index in [0.717, 1.165) is 0 Å². The molecule has 0 bridgehead atoms. The molecule has 0 aliphatic carbocycles. The normalized spacial score (nSPS) is 9.93. The molecule has 3 nitrogen and oxygen atoms in total. The number of nitrogens with zero attached hydrogens (tertiary/aromatic N) is 1. The van der Waals surface area contributed by atoms with Crippen molar-refractivity contribution in [3.8, 4) is 11.5 Å². The van der Waals surface area contributed by atoms with Gasteiger partial charge >= 0.3 is 0 Å². The van der Waals surface area contributed by atoms with Gasteiger partial charge in [-0.05, 0) is 18.2 Å². The highest BCUT2D eigenvalue weighted by Crippen LogP contribution is 2.32. The summed E-state index contributed by atoms with van der Waals surface area (Å²) in [4.78, 5) is 3.90. The molecule has 0 aliphatic heterocycles. The quantitative estimate of drug-likeness (QED) is 0.846. The van der Waals surface area contributed by atoms with Crippen molar-refractivity contribution in [1.82, 2.24) is 4.98 Å². The van der Waals surface area contributed by atoms with Crippen molar-refractivity contribution in [1.29, 1.82) is 0 Å². The van der Waals surface area contributed by atoms with Gasteiger partial charge in [-0.3, -0.25) is 0 Å². The van der Waals surface area contributed by atoms with Gasteiger partial charge in [0.25, 0.3) is 0 Å². The summed E-state index contributed by atoms with van der Waals surface area (Å²) in [5, 5.41) is 0.450. The molecule has 0 aliphatic rings. The van der Waals surface area contributed by atoms with E-state index in [1.165, 1.54) is 6.20 Å². The lowest BCUT2D eigenvalue weighted by Gasteiger charge is -2.08. The van der Waals surface area contributed by atoms with Crippen molar-refractivity contribution >= 4 is 17.4 Å². The summed E-state index contributed by atoms with van der Waals surface area (Å²) < 4.78 is 5.52. The van der Waals surface area contributed by atoms with Gasteiger partial charge in [0.1, 0.15) is 5.75 Å². The second kappa shape index (κ2) is 4.19. The van der Waals surface area contributed by atoms with Crippen molar-refractivity contribution in [3.05, 3.63) is 47.6 Å². The number of benzene rings is 1. The van der Waals surface area contributed by atoms with Gasteiger partial charge in [0.05, 0.1) is 5.02 Å². The topological polar surface area (TPSA) is 48.1 Å². The monoisotopic (exact) mass is 220 g/mol. The minimum Gasteiger partial charge on any atom is -0.452 e. The number of pyridine rings is 1. The van der Waals surface area contributed by atoms with E-state index in [1.807, 2.05) is 30.3 Å². The third-order valence-corrected chi connectivity index (χ3v) is 2.14. The van der Waals surface area contributed by atoms with Gasteiger partial charge in [0.2, 0.25) is 0 Å². The Labute approximate surface area is 92.5 Å². The Morgan fingerprint density at radius 1 is 1.13 bits per heavy atom. The number of hydrogen-bond acceptors (Lipinski definition) is 3. The fraction of sp³-hybridized carbons (Fsp3) is 0. The van der Waals surface area contributed by atoms with Crippen LogP contribution in [0.4, 0.5) is 5.82 Å². The Morgan fingerprint density at radius 2 is 1.87 bits per heavy atom. The summed E-state index contributed by atoms with van der Waals surface area (Å²) in [5.74, 6) is 1.36. The number of nitrogen functional groups attached to an aromatic ring is 1. The predicted octanol–water partition coefficient (Wildman–Crippen LogP) is 3.11. The maximum Gasteiger partial charge on any atom is 0.188 e. The first kappa shape index (κ1) is 9.80. The van der Waals surface area contributed by atoms with Crippen molar-refractivity contribution in [2.75, 3.05) is 5.73 Å². The summed E-state index contributed by atoms with van der Waals surface area (Å²) in [5.41, 5.74) is 5.65. The summed E-state index contributed by atoms with van der Waals surface area (Å²) in [6.45, 7) is 0. The average Bonchev–Trinajstić information content (AvgIpc) is 2.25. The predicted molar refractivity (Wildman–Crippen MR) is 60.2 cm³/mol. The molecule has 15 heavy (non-hydrogen) atoms. The lowest BCUT2D eigenvalue weighted by atomic mass is 10.3. The Hall–Kier alpha value is -1.74. The van der Waals surface area contributed by atoms with Gasteiger partial charge in [-0.2, -0.15) is 0 Å². The van der Waals surface area contributed by atoms with Crippen LogP contribution in [0.5, 0.6) is 11.5 Å². The minimum absolute atomic E-state index is 0.284. The van der Waals surface area contributed by atoms with E-state index < -0.39 is 0 Å². The van der Waals surface area contributed by atoms with Crippen LogP contribution >= 0.6 is 11.6 Å². The fourth-order valence-electron chi connectivity index (χ4n) is 1.15. The molecule has 1 aromatic heterocycles. The van der Waals surface area contributed by atoms with Gasteiger partial charge in [-0.15, -0.1) is 0 Å². The van der Waals surface area contributed by atoms with Crippen LogP contribution in [0.1, 0.15) is 0 Å². The summed E-state index contributed by atoms with van der Waals surface area (Å²) in [7, 11) is 0. The molecule has 0 unspecified atom stereocenters. The molecule has 1 heterocycles. The van der Waals surface area contributed by atoms with E-state index in [2.05, 4.69) is 4.98 Å². The second-order valence-electron chi connectivity index (χ2n) is 2.92. The highest BCUT2D eigenvalue weighted by atomic mass is 35.5. The zero-order chi connectivity index (χ0) is 10.7. The van der Waals surface area contributed by atoms with Crippen LogP contribution in [0.25, 0.3) is 0 Å². The summed E-state index contributed by atoms with van der Waals surface area (Å²) in [6, 6.07) is 10.9. The van der Waals surface area contributed by atoms with Crippen molar-refractivity contribution in [2.24, 2.45) is 0 Å². The van der Waals surface area contributed by atoms with E-state index in [-0.39, 0.29) is 5.82 Å². The Kier molecular flexibility index (Phi) is 2.74. The van der Waals surface area contributed by atoms with E-state index >= 15 is 0 Å². The number of nitrogens with two attached hydrogens (primary N) is 1. The van der Waals surface area contributed by atoms with Crippen molar-refractivity contribution in [3.63, 3.8) is 0 Å². The second-order valence-corrected chi connectivity index (χ2v) is 3.33. The zero-order valence-corrected chi connectivity index (χ0v) is 8.61. The molecule has 1 aromatic carbocycles.